The Morgan fingerprint density at radius 1 is 1.37 bits per heavy atom. The van der Waals surface area contributed by atoms with E-state index in [2.05, 4.69) is 4.90 Å². The Morgan fingerprint density at radius 3 is 2.68 bits per heavy atom. The molecule has 0 saturated carbocycles. The van der Waals surface area contributed by atoms with Gasteiger partial charge in [-0.15, -0.1) is 0 Å². The molecule has 2 rings (SSSR count). The van der Waals surface area contributed by atoms with Gasteiger partial charge in [-0.2, -0.15) is 13.2 Å². The van der Waals surface area contributed by atoms with E-state index in [1.165, 1.54) is 12.1 Å². The van der Waals surface area contributed by atoms with Gasteiger partial charge >= 0.3 is 6.18 Å². The molecule has 2 unspecified atom stereocenters. The van der Waals surface area contributed by atoms with Gasteiger partial charge in [0.05, 0.1) is 5.56 Å². The Morgan fingerprint density at radius 2 is 2.11 bits per heavy atom. The molecule has 106 valence electrons. The lowest BCUT2D eigenvalue weighted by molar-refractivity contribution is -0.137. The van der Waals surface area contributed by atoms with Crippen LogP contribution >= 0.6 is 0 Å². The number of hydrogen-bond acceptors (Lipinski definition) is 2. The van der Waals surface area contributed by atoms with Crippen LogP contribution in [0.3, 0.4) is 0 Å². The molecule has 1 aliphatic rings. The summed E-state index contributed by atoms with van der Waals surface area (Å²) in [5.41, 5.74) is 5.90. The van der Waals surface area contributed by atoms with E-state index in [1.54, 1.807) is 6.07 Å². The second kappa shape index (κ2) is 5.51. The number of nitrogens with zero attached hydrogens (tertiary/aromatic N) is 1. The molecule has 19 heavy (non-hydrogen) atoms. The highest BCUT2D eigenvalue weighted by Crippen LogP contribution is 2.38. The van der Waals surface area contributed by atoms with Gasteiger partial charge in [0.25, 0.3) is 0 Å². The summed E-state index contributed by atoms with van der Waals surface area (Å²) in [5, 5.41) is 0. The number of hydrogen-bond donors (Lipinski definition) is 1. The summed E-state index contributed by atoms with van der Waals surface area (Å²) in [6.45, 7) is 4.27. The van der Waals surface area contributed by atoms with Crippen molar-refractivity contribution in [1.29, 1.82) is 0 Å². The molecule has 1 heterocycles. The highest BCUT2D eigenvalue weighted by Gasteiger charge is 2.36. The first-order valence-corrected chi connectivity index (χ1v) is 6.58. The second-order valence-electron chi connectivity index (χ2n) is 4.98. The number of nitrogens with two attached hydrogens (primary N) is 1. The summed E-state index contributed by atoms with van der Waals surface area (Å²) in [6.07, 6.45) is -3.34. The molecule has 1 aliphatic heterocycles. The Bertz CT molecular complexity index is 419. The van der Waals surface area contributed by atoms with E-state index in [0.29, 0.717) is 6.54 Å². The first kappa shape index (κ1) is 14.3. The SMILES string of the molecule is CCN1CCC(CN)C1c1cccc(C(F)(F)F)c1. The molecule has 2 N–H and O–H groups in total. The van der Waals surface area contributed by atoms with E-state index in [-0.39, 0.29) is 12.0 Å². The van der Waals surface area contributed by atoms with E-state index >= 15 is 0 Å². The van der Waals surface area contributed by atoms with Crippen LogP contribution in [0, 0.1) is 5.92 Å². The number of likely N-dealkylation sites (tertiary alicyclic amines) is 1. The zero-order valence-corrected chi connectivity index (χ0v) is 11.0. The Balaban J connectivity index is 2.34. The van der Waals surface area contributed by atoms with E-state index < -0.39 is 11.7 Å². The molecule has 1 saturated heterocycles. The van der Waals surface area contributed by atoms with Crippen molar-refractivity contribution in [2.45, 2.75) is 25.6 Å². The van der Waals surface area contributed by atoms with Crippen LogP contribution in [-0.4, -0.2) is 24.5 Å². The van der Waals surface area contributed by atoms with Crippen LogP contribution in [0.1, 0.15) is 30.5 Å². The van der Waals surface area contributed by atoms with Gasteiger partial charge in [0.1, 0.15) is 0 Å². The molecule has 1 aromatic rings. The van der Waals surface area contributed by atoms with Gasteiger partial charge in [-0.3, -0.25) is 4.90 Å². The molecule has 0 radical (unpaired) electrons. The number of rotatable bonds is 3. The normalized spacial score (nSPS) is 24.9. The molecule has 0 aliphatic carbocycles. The standard InChI is InChI=1S/C14H19F3N2/c1-2-19-7-6-11(9-18)13(19)10-4-3-5-12(8-10)14(15,16)17/h3-5,8,11,13H,2,6-7,9,18H2,1H3. The van der Waals surface area contributed by atoms with Gasteiger partial charge in [0.15, 0.2) is 0 Å². The van der Waals surface area contributed by atoms with Crippen molar-refractivity contribution in [2.75, 3.05) is 19.6 Å². The first-order chi connectivity index (χ1) is 8.97. The molecule has 0 spiro atoms. The lowest BCUT2D eigenvalue weighted by Crippen LogP contribution is -2.28. The average Bonchev–Trinajstić information content (AvgIpc) is 2.80. The molecule has 2 atom stereocenters. The highest BCUT2D eigenvalue weighted by molar-refractivity contribution is 5.29. The molecular formula is C14H19F3N2. The third-order valence-corrected chi connectivity index (χ3v) is 3.89. The molecule has 0 bridgehead atoms. The minimum atomic E-state index is -4.29. The predicted octanol–water partition coefficient (Wildman–Crippen LogP) is 3.05. The smallest absolute Gasteiger partial charge is 0.330 e. The Hall–Kier alpha value is -1.07. The van der Waals surface area contributed by atoms with Crippen LogP contribution in [0.4, 0.5) is 13.2 Å². The van der Waals surface area contributed by atoms with Crippen molar-refractivity contribution < 1.29 is 13.2 Å². The van der Waals surface area contributed by atoms with Gasteiger partial charge in [-0.25, -0.2) is 0 Å². The van der Waals surface area contributed by atoms with Gasteiger partial charge in [-0.1, -0.05) is 19.1 Å². The quantitative estimate of drug-likeness (QED) is 0.916. The van der Waals surface area contributed by atoms with E-state index in [4.69, 9.17) is 5.73 Å². The zero-order chi connectivity index (χ0) is 14.0. The summed E-state index contributed by atoms with van der Waals surface area (Å²) in [5.74, 6) is 0.239. The van der Waals surface area contributed by atoms with Crippen molar-refractivity contribution in [1.82, 2.24) is 4.90 Å². The Labute approximate surface area is 111 Å². The zero-order valence-electron chi connectivity index (χ0n) is 11.0. The van der Waals surface area contributed by atoms with Crippen LogP contribution in [0.15, 0.2) is 24.3 Å². The van der Waals surface area contributed by atoms with Gasteiger partial charge in [-0.05, 0) is 49.7 Å². The second-order valence-corrected chi connectivity index (χ2v) is 4.98. The summed E-state index contributed by atoms with van der Waals surface area (Å²) < 4.78 is 38.3. The van der Waals surface area contributed by atoms with Crippen molar-refractivity contribution in [3.8, 4) is 0 Å². The summed E-state index contributed by atoms with van der Waals surface area (Å²) in [4.78, 5) is 2.20. The minimum absolute atomic E-state index is 0.0114. The van der Waals surface area contributed by atoms with Crippen molar-refractivity contribution in [3.05, 3.63) is 35.4 Å². The fourth-order valence-corrected chi connectivity index (χ4v) is 2.91. The minimum Gasteiger partial charge on any atom is -0.330 e. The van der Waals surface area contributed by atoms with Gasteiger partial charge in [0, 0.05) is 6.04 Å². The topological polar surface area (TPSA) is 29.3 Å². The Kier molecular flexibility index (Phi) is 4.16. The van der Waals surface area contributed by atoms with Crippen LogP contribution in [0.5, 0.6) is 0 Å². The molecule has 0 aromatic heterocycles. The molecule has 5 heteroatoms. The molecule has 0 amide bonds. The summed E-state index contributed by atoms with van der Waals surface area (Å²) in [7, 11) is 0. The monoisotopic (exact) mass is 272 g/mol. The van der Waals surface area contributed by atoms with Crippen LogP contribution < -0.4 is 5.73 Å². The first-order valence-electron chi connectivity index (χ1n) is 6.58. The van der Waals surface area contributed by atoms with Gasteiger partial charge in [0.2, 0.25) is 0 Å². The average molecular weight is 272 g/mol. The number of benzene rings is 1. The third-order valence-electron chi connectivity index (χ3n) is 3.89. The van der Waals surface area contributed by atoms with Crippen molar-refractivity contribution >= 4 is 0 Å². The largest absolute Gasteiger partial charge is 0.416 e. The molecular weight excluding hydrogens is 253 g/mol. The highest BCUT2D eigenvalue weighted by atomic mass is 19.4. The number of alkyl halides is 3. The predicted molar refractivity (Wildman–Crippen MR) is 68.6 cm³/mol. The van der Waals surface area contributed by atoms with Gasteiger partial charge < -0.3 is 5.73 Å². The summed E-state index contributed by atoms with van der Waals surface area (Å²) in [6, 6.07) is 5.65. The van der Waals surface area contributed by atoms with Crippen LogP contribution in [-0.2, 0) is 6.18 Å². The van der Waals surface area contributed by atoms with E-state index in [1.807, 2.05) is 6.92 Å². The summed E-state index contributed by atoms with van der Waals surface area (Å²) >= 11 is 0. The molecule has 2 nitrogen and oxygen atoms in total. The van der Waals surface area contributed by atoms with Crippen molar-refractivity contribution in [3.63, 3.8) is 0 Å². The fourth-order valence-electron chi connectivity index (χ4n) is 2.91. The lowest BCUT2D eigenvalue weighted by Gasteiger charge is -2.27. The maximum atomic E-state index is 12.8. The van der Waals surface area contributed by atoms with E-state index in [0.717, 1.165) is 31.1 Å². The maximum Gasteiger partial charge on any atom is 0.416 e. The van der Waals surface area contributed by atoms with E-state index in [9.17, 15) is 13.2 Å². The fraction of sp³-hybridized carbons (Fsp3) is 0.571. The van der Waals surface area contributed by atoms with Crippen LogP contribution in [0.25, 0.3) is 0 Å². The molecule has 1 fully saturated rings. The third kappa shape index (κ3) is 2.92. The van der Waals surface area contributed by atoms with Crippen LogP contribution in [0.2, 0.25) is 0 Å². The maximum absolute atomic E-state index is 12.8. The van der Waals surface area contributed by atoms with Crippen molar-refractivity contribution in [2.24, 2.45) is 11.7 Å². The number of halogens is 3. The molecule has 1 aromatic carbocycles. The lowest BCUT2D eigenvalue weighted by atomic mass is 9.92.